The van der Waals surface area contributed by atoms with Crippen LogP contribution in [0, 0.1) is 11.3 Å². The molecule has 0 saturated heterocycles. The van der Waals surface area contributed by atoms with Crippen LogP contribution in [0.15, 0.2) is 35.5 Å². The maximum absolute atomic E-state index is 8.97. The van der Waals surface area contributed by atoms with E-state index >= 15 is 0 Å². The lowest BCUT2D eigenvalue weighted by Crippen LogP contribution is -2.28. The van der Waals surface area contributed by atoms with E-state index in [2.05, 4.69) is 39.5 Å². The molecule has 1 unspecified atom stereocenters. The maximum Gasteiger partial charge on any atom is 0.0639 e. The molecule has 0 amide bonds. The van der Waals surface area contributed by atoms with Crippen molar-refractivity contribution in [1.29, 1.82) is 0 Å². The SMILES string of the molecule is C=C1C=C(C)CC(C)(C)C1CC/C=C(/C)CO. The monoisotopic (exact) mass is 234 g/mol. The molecule has 96 valence electrons. The minimum Gasteiger partial charge on any atom is -0.392 e. The number of hydrogen-bond acceptors (Lipinski definition) is 1. The number of hydrogen-bond donors (Lipinski definition) is 1. The van der Waals surface area contributed by atoms with Gasteiger partial charge in [-0.25, -0.2) is 0 Å². The summed E-state index contributed by atoms with van der Waals surface area (Å²) >= 11 is 0. The molecule has 1 atom stereocenters. The minimum atomic E-state index is 0.175. The fourth-order valence-corrected chi connectivity index (χ4v) is 2.95. The molecule has 1 N–H and O–H groups in total. The van der Waals surface area contributed by atoms with Gasteiger partial charge >= 0.3 is 0 Å². The number of aliphatic hydroxyl groups is 1. The van der Waals surface area contributed by atoms with E-state index in [4.69, 9.17) is 5.11 Å². The van der Waals surface area contributed by atoms with Gasteiger partial charge in [0.1, 0.15) is 0 Å². The van der Waals surface area contributed by atoms with Crippen LogP contribution in [0.2, 0.25) is 0 Å². The van der Waals surface area contributed by atoms with Crippen LogP contribution in [0.4, 0.5) is 0 Å². The predicted octanol–water partition coefficient (Wildman–Crippen LogP) is 4.25. The third kappa shape index (κ3) is 3.85. The largest absolute Gasteiger partial charge is 0.392 e. The summed E-state index contributed by atoms with van der Waals surface area (Å²) in [6, 6.07) is 0. The van der Waals surface area contributed by atoms with Crippen LogP contribution in [-0.4, -0.2) is 11.7 Å². The van der Waals surface area contributed by atoms with E-state index in [1.54, 1.807) is 0 Å². The normalized spacial score (nSPS) is 24.8. The topological polar surface area (TPSA) is 20.2 Å². The lowest BCUT2D eigenvalue weighted by Gasteiger charge is -2.39. The first-order chi connectivity index (χ1) is 7.86. The Balaban J connectivity index is 2.67. The molecule has 0 radical (unpaired) electrons. The van der Waals surface area contributed by atoms with E-state index < -0.39 is 0 Å². The molecular weight excluding hydrogens is 208 g/mol. The van der Waals surface area contributed by atoms with Crippen molar-refractivity contribution in [3.05, 3.63) is 35.5 Å². The highest BCUT2D eigenvalue weighted by atomic mass is 16.3. The van der Waals surface area contributed by atoms with Crippen LogP contribution < -0.4 is 0 Å². The first kappa shape index (κ1) is 14.2. The highest BCUT2D eigenvalue weighted by Gasteiger charge is 2.33. The molecule has 1 nitrogen and oxygen atoms in total. The Labute approximate surface area is 106 Å². The van der Waals surface area contributed by atoms with Gasteiger partial charge in [0.25, 0.3) is 0 Å². The summed E-state index contributed by atoms with van der Waals surface area (Å²) in [6.45, 7) is 13.2. The standard InChI is InChI=1S/C16H26O/c1-12(11-17)7-6-8-15-14(3)9-13(2)10-16(15,4)5/h7,9,15,17H,3,6,8,10-11H2,1-2,4-5H3/b12-7-. The van der Waals surface area contributed by atoms with Crippen molar-refractivity contribution in [2.24, 2.45) is 11.3 Å². The maximum atomic E-state index is 8.97. The van der Waals surface area contributed by atoms with Gasteiger partial charge in [-0.3, -0.25) is 0 Å². The Bertz CT molecular complexity index is 345. The zero-order valence-corrected chi connectivity index (χ0v) is 11.7. The van der Waals surface area contributed by atoms with Crippen molar-refractivity contribution >= 4 is 0 Å². The van der Waals surface area contributed by atoms with Crippen LogP contribution >= 0.6 is 0 Å². The molecule has 0 bridgehead atoms. The molecule has 0 spiro atoms. The molecule has 1 aliphatic rings. The second kappa shape index (κ2) is 5.68. The second-order valence-electron chi connectivity index (χ2n) is 6.07. The second-order valence-corrected chi connectivity index (χ2v) is 6.07. The van der Waals surface area contributed by atoms with Crippen LogP contribution in [0.5, 0.6) is 0 Å². The van der Waals surface area contributed by atoms with E-state index in [9.17, 15) is 0 Å². The Morgan fingerprint density at radius 3 is 2.76 bits per heavy atom. The molecule has 1 aliphatic carbocycles. The Hall–Kier alpha value is -0.820. The summed E-state index contributed by atoms with van der Waals surface area (Å²) in [5.74, 6) is 0.564. The average molecular weight is 234 g/mol. The van der Waals surface area contributed by atoms with Crippen molar-refractivity contribution in [2.75, 3.05) is 6.61 Å². The van der Waals surface area contributed by atoms with Crippen molar-refractivity contribution in [3.8, 4) is 0 Å². The first-order valence-corrected chi connectivity index (χ1v) is 6.49. The van der Waals surface area contributed by atoms with E-state index in [1.165, 1.54) is 17.6 Å². The molecule has 1 rings (SSSR count). The van der Waals surface area contributed by atoms with E-state index in [1.807, 2.05) is 6.92 Å². The fraction of sp³-hybridized carbons (Fsp3) is 0.625. The molecule has 0 aliphatic heterocycles. The Morgan fingerprint density at radius 1 is 1.59 bits per heavy atom. The van der Waals surface area contributed by atoms with Gasteiger partial charge in [0.15, 0.2) is 0 Å². The predicted molar refractivity (Wildman–Crippen MR) is 74.9 cm³/mol. The fourth-order valence-electron chi connectivity index (χ4n) is 2.95. The van der Waals surface area contributed by atoms with E-state index in [0.29, 0.717) is 11.3 Å². The van der Waals surface area contributed by atoms with Gasteiger partial charge in [-0.15, -0.1) is 0 Å². The number of rotatable bonds is 4. The summed E-state index contributed by atoms with van der Waals surface area (Å²) < 4.78 is 0. The lowest BCUT2D eigenvalue weighted by molar-refractivity contribution is 0.228. The van der Waals surface area contributed by atoms with Crippen LogP contribution in [0.1, 0.15) is 47.0 Å². The van der Waals surface area contributed by atoms with E-state index in [-0.39, 0.29) is 6.61 Å². The van der Waals surface area contributed by atoms with Crippen molar-refractivity contribution in [1.82, 2.24) is 0 Å². The summed E-state index contributed by atoms with van der Waals surface area (Å²) in [5.41, 5.74) is 4.10. The zero-order valence-electron chi connectivity index (χ0n) is 11.7. The third-order valence-electron chi connectivity index (χ3n) is 3.75. The van der Waals surface area contributed by atoms with Gasteiger partial charge in [-0.05, 0) is 44.4 Å². The molecule has 0 aromatic carbocycles. The molecule has 1 heteroatoms. The smallest absolute Gasteiger partial charge is 0.0639 e. The molecule has 0 aromatic rings. The van der Waals surface area contributed by atoms with Gasteiger partial charge in [0, 0.05) is 0 Å². The quantitative estimate of drug-likeness (QED) is 0.721. The highest BCUT2D eigenvalue weighted by molar-refractivity contribution is 5.29. The number of allylic oxidation sites excluding steroid dienone is 4. The molecular formula is C16H26O. The van der Waals surface area contributed by atoms with E-state index in [0.717, 1.165) is 18.4 Å². The minimum absolute atomic E-state index is 0.175. The first-order valence-electron chi connectivity index (χ1n) is 6.49. The average Bonchev–Trinajstić information content (AvgIpc) is 2.20. The van der Waals surface area contributed by atoms with Crippen LogP contribution in [0.3, 0.4) is 0 Å². The number of aliphatic hydroxyl groups excluding tert-OH is 1. The molecule has 0 fully saturated rings. The van der Waals surface area contributed by atoms with Crippen molar-refractivity contribution in [3.63, 3.8) is 0 Å². The summed E-state index contributed by atoms with van der Waals surface area (Å²) in [7, 11) is 0. The molecule has 0 heterocycles. The third-order valence-corrected chi connectivity index (χ3v) is 3.75. The molecule has 17 heavy (non-hydrogen) atoms. The van der Waals surface area contributed by atoms with Crippen LogP contribution in [0.25, 0.3) is 0 Å². The van der Waals surface area contributed by atoms with Gasteiger partial charge < -0.3 is 5.11 Å². The van der Waals surface area contributed by atoms with Crippen molar-refractivity contribution in [2.45, 2.75) is 47.0 Å². The van der Waals surface area contributed by atoms with Crippen LogP contribution in [-0.2, 0) is 0 Å². The zero-order chi connectivity index (χ0) is 13.1. The lowest BCUT2D eigenvalue weighted by atomic mass is 9.66. The van der Waals surface area contributed by atoms with Gasteiger partial charge in [-0.2, -0.15) is 0 Å². The van der Waals surface area contributed by atoms with Gasteiger partial charge in [-0.1, -0.05) is 49.3 Å². The highest BCUT2D eigenvalue weighted by Crippen LogP contribution is 2.44. The van der Waals surface area contributed by atoms with Crippen molar-refractivity contribution < 1.29 is 5.11 Å². The Morgan fingerprint density at radius 2 is 2.24 bits per heavy atom. The summed E-state index contributed by atoms with van der Waals surface area (Å²) in [6.07, 6.45) is 7.73. The summed E-state index contributed by atoms with van der Waals surface area (Å²) in [4.78, 5) is 0. The summed E-state index contributed by atoms with van der Waals surface area (Å²) in [5, 5.41) is 8.97. The molecule has 0 saturated carbocycles. The van der Waals surface area contributed by atoms with Gasteiger partial charge in [0.2, 0.25) is 0 Å². The Kier molecular flexibility index (Phi) is 4.76. The molecule has 0 aromatic heterocycles. The van der Waals surface area contributed by atoms with Gasteiger partial charge in [0.05, 0.1) is 6.61 Å².